The van der Waals surface area contributed by atoms with E-state index in [1.807, 2.05) is 0 Å². The lowest BCUT2D eigenvalue weighted by Gasteiger charge is -2.24. The molecule has 4 N–H and O–H groups in total. The Kier molecular flexibility index (Phi) is 2.00. The number of nitrogens with two attached hydrogens (primary N) is 2. The Balaban J connectivity index is 2.10. The van der Waals surface area contributed by atoms with E-state index in [1.165, 1.54) is 19.3 Å². The number of anilines is 2. The van der Waals surface area contributed by atoms with Crippen LogP contribution in [-0.2, 0) is 6.42 Å². The maximum atomic E-state index is 5.45. The first-order valence-electron chi connectivity index (χ1n) is 4.50. The second kappa shape index (κ2) is 3.16. The van der Waals surface area contributed by atoms with Crippen LogP contribution >= 0.6 is 0 Å². The van der Waals surface area contributed by atoms with Gasteiger partial charge in [-0.1, -0.05) is 19.3 Å². The minimum atomic E-state index is 0.224. The summed E-state index contributed by atoms with van der Waals surface area (Å²) in [5, 5.41) is 0. The van der Waals surface area contributed by atoms with Crippen molar-refractivity contribution in [2.24, 2.45) is 5.92 Å². The minimum Gasteiger partial charge on any atom is -0.368 e. The molecule has 0 amide bonds. The summed E-state index contributed by atoms with van der Waals surface area (Å²) in [4.78, 5) is 11.8. The molecular formula is C8H13N5. The van der Waals surface area contributed by atoms with Gasteiger partial charge >= 0.3 is 0 Å². The van der Waals surface area contributed by atoms with E-state index >= 15 is 0 Å². The first kappa shape index (κ1) is 8.22. The van der Waals surface area contributed by atoms with E-state index in [9.17, 15) is 0 Å². The lowest BCUT2D eigenvalue weighted by Crippen LogP contribution is -2.17. The Bertz CT molecular complexity index is 287. The summed E-state index contributed by atoms with van der Waals surface area (Å²) in [7, 11) is 0. The Morgan fingerprint density at radius 2 is 1.69 bits per heavy atom. The van der Waals surface area contributed by atoms with Crippen molar-refractivity contribution >= 4 is 11.9 Å². The summed E-state index contributed by atoms with van der Waals surface area (Å²) in [5.41, 5.74) is 10.9. The van der Waals surface area contributed by atoms with Gasteiger partial charge in [-0.15, -0.1) is 0 Å². The third kappa shape index (κ3) is 1.85. The van der Waals surface area contributed by atoms with Crippen molar-refractivity contribution in [2.75, 3.05) is 11.5 Å². The fraction of sp³-hybridized carbons (Fsp3) is 0.625. The second-order valence-electron chi connectivity index (χ2n) is 3.47. The highest BCUT2D eigenvalue weighted by Gasteiger charge is 2.19. The van der Waals surface area contributed by atoms with Gasteiger partial charge in [0.15, 0.2) is 0 Å². The number of hydrogen-bond donors (Lipinski definition) is 2. The fourth-order valence-electron chi connectivity index (χ4n) is 1.50. The number of rotatable bonds is 2. The van der Waals surface area contributed by atoms with E-state index in [0.717, 1.165) is 18.2 Å². The molecule has 0 radical (unpaired) electrons. The Morgan fingerprint density at radius 3 is 2.15 bits per heavy atom. The fourth-order valence-corrected chi connectivity index (χ4v) is 1.50. The Labute approximate surface area is 76.6 Å². The summed E-state index contributed by atoms with van der Waals surface area (Å²) >= 11 is 0. The molecule has 1 fully saturated rings. The third-order valence-electron chi connectivity index (χ3n) is 2.41. The highest BCUT2D eigenvalue weighted by atomic mass is 15.1. The van der Waals surface area contributed by atoms with Crippen LogP contribution in [-0.4, -0.2) is 15.0 Å². The monoisotopic (exact) mass is 179 g/mol. The van der Waals surface area contributed by atoms with E-state index in [4.69, 9.17) is 11.5 Å². The van der Waals surface area contributed by atoms with Gasteiger partial charge in [0.2, 0.25) is 11.9 Å². The molecule has 5 nitrogen and oxygen atoms in total. The van der Waals surface area contributed by atoms with Crippen LogP contribution in [0.1, 0.15) is 25.1 Å². The Hall–Kier alpha value is -1.39. The lowest BCUT2D eigenvalue weighted by atomic mass is 9.83. The largest absolute Gasteiger partial charge is 0.368 e. The average molecular weight is 179 g/mol. The standard InChI is InChI=1S/C8H13N5/c9-7-11-6(12-8(10)13-7)4-5-2-1-3-5/h5H,1-4H2,(H4,9,10,11,12,13). The van der Waals surface area contributed by atoms with Gasteiger partial charge < -0.3 is 11.5 Å². The second-order valence-corrected chi connectivity index (χ2v) is 3.47. The van der Waals surface area contributed by atoms with E-state index in [2.05, 4.69) is 15.0 Å². The zero-order valence-electron chi connectivity index (χ0n) is 7.40. The highest BCUT2D eigenvalue weighted by molar-refractivity contribution is 5.25. The van der Waals surface area contributed by atoms with Gasteiger partial charge in [0.25, 0.3) is 0 Å². The first-order chi connectivity index (χ1) is 6.24. The zero-order chi connectivity index (χ0) is 9.26. The van der Waals surface area contributed by atoms with E-state index < -0.39 is 0 Å². The quantitative estimate of drug-likeness (QED) is 0.684. The van der Waals surface area contributed by atoms with Crippen LogP contribution in [0.3, 0.4) is 0 Å². The molecule has 70 valence electrons. The van der Waals surface area contributed by atoms with Crippen molar-refractivity contribution in [1.29, 1.82) is 0 Å². The van der Waals surface area contributed by atoms with Gasteiger partial charge in [-0.25, -0.2) is 0 Å². The average Bonchev–Trinajstić information content (AvgIpc) is 1.95. The van der Waals surface area contributed by atoms with Gasteiger partial charge in [0, 0.05) is 6.42 Å². The molecule has 5 heteroatoms. The molecule has 0 saturated heterocycles. The van der Waals surface area contributed by atoms with Crippen LogP contribution in [0, 0.1) is 5.92 Å². The minimum absolute atomic E-state index is 0.224. The van der Waals surface area contributed by atoms with Gasteiger partial charge in [0.05, 0.1) is 0 Å². The normalized spacial score (nSPS) is 16.9. The zero-order valence-corrected chi connectivity index (χ0v) is 7.40. The molecular weight excluding hydrogens is 166 g/mol. The van der Waals surface area contributed by atoms with Crippen LogP contribution < -0.4 is 11.5 Å². The van der Waals surface area contributed by atoms with E-state index in [1.54, 1.807) is 0 Å². The Morgan fingerprint density at radius 1 is 1.08 bits per heavy atom. The molecule has 0 aliphatic heterocycles. The lowest BCUT2D eigenvalue weighted by molar-refractivity contribution is 0.309. The first-order valence-corrected chi connectivity index (χ1v) is 4.50. The van der Waals surface area contributed by atoms with Crippen LogP contribution in [0.4, 0.5) is 11.9 Å². The molecule has 1 aromatic rings. The van der Waals surface area contributed by atoms with Crippen molar-refractivity contribution in [2.45, 2.75) is 25.7 Å². The number of hydrogen-bond acceptors (Lipinski definition) is 5. The molecule has 1 aliphatic carbocycles. The molecule has 0 aromatic carbocycles. The number of nitrogens with zero attached hydrogens (tertiary/aromatic N) is 3. The van der Waals surface area contributed by atoms with Crippen LogP contribution in [0.5, 0.6) is 0 Å². The molecule has 1 aliphatic rings. The molecule has 0 spiro atoms. The maximum absolute atomic E-state index is 5.45. The van der Waals surface area contributed by atoms with Crippen molar-refractivity contribution in [3.63, 3.8) is 0 Å². The predicted molar refractivity (Wildman–Crippen MR) is 49.7 cm³/mol. The van der Waals surface area contributed by atoms with E-state index in [0.29, 0.717) is 0 Å². The molecule has 1 aromatic heterocycles. The van der Waals surface area contributed by atoms with Crippen LogP contribution in [0.2, 0.25) is 0 Å². The van der Waals surface area contributed by atoms with Crippen molar-refractivity contribution in [3.05, 3.63) is 5.82 Å². The molecule has 1 heterocycles. The summed E-state index contributed by atoms with van der Waals surface area (Å²) in [6.45, 7) is 0. The summed E-state index contributed by atoms with van der Waals surface area (Å²) in [6.07, 6.45) is 4.74. The van der Waals surface area contributed by atoms with Gasteiger partial charge in [-0.3, -0.25) is 0 Å². The van der Waals surface area contributed by atoms with E-state index in [-0.39, 0.29) is 11.9 Å². The predicted octanol–water partition coefficient (Wildman–Crippen LogP) is 0.379. The topological polar surface area (TPSA) is 90.7 Å². The van der Waals surface area contributed by atoms with Crippen molar-refractivity contribution < 1.29 is 0 Å². The van der Waals surface area contributed by atoms with Gasteiger partial charge in [-0.05, 0) is 5.92 Å². The summed E-state index contributed by atoms with van der Waals surface area (Å²) in [5.74, 6) is 1.90. The molecule has 0 atom stereocenters. The summed E-state index contributed by atoms with van der Waals surface area (Å²) < 4.78 is 0. The molecule has 13 heavy (non-hydrogen) atoms. The van der Waals surface area contributed by atoms with Crippen LogP contribution in [0.15, 0.2) is 0 Å². The summed E-state index contributed by atoms with van der Waals surface area (Å²) in [6, 6.07) is 0. The SMILES string of the molecule is Nc1nc(N)nc(CC2CCC2)n1. The van der Waals surface area contributed by atoms with Crippen molar-refractivity contribution in [1.82, 2.24) is 15.0 Å². The highest BCUT2D eigenvalue weighted by Crippen LogP contribution is 2.28. The number of aromatic nitrogens is 3. The molecule has 0 unspecified atom stereocenters. The van der Waals surface area contributed by atoms with Crippen LogP contribution in [0.25, 0.3) is 0 Å². The molecule has 2 rings (SSSR count). The van der Waals surface area contributed by atoms with Crippen molar-refractivity contribution in [3.8, 4) is 0 Å². The molecule has 1 saturated carbocycles. The number of nitrogen functional groups attached to an aromatic ring is 2. The van der Waals surface area contributed by atoms with Gasteiger partial charge in [0.1, 0.15) is 5.82 Å². The van der Waals surface area contributed by atoms with Gasteiger partial charge in [-0.2, -0.15) is 15.0 Å². The molecule has 0 bridgehead atoms. The maximum Gasteiger partial charge on any atom is 0.225 e. The smallest absolute Gasteiger partial charge is 0.225 e. The third-order valence-corrected chi connectivity index (χ3v) is 2.41.